The van der Waals surface area contributed by atoms with Crippen molar-refractivity contribution in [1.82, 2.24) is 5.32 Å². The zero-order chi connectivity index (χ0) is 34.1. The van der Waals surface area contributed by atoms with Crippen LogP contribution in [-0.4, -0.2) is 30.7 Å². The van der Waals surface area contributed by atoms with E-state index in [0.717, 1.165) is 48.3 Å². The van der Waals surface area contributed by atoms with Gasteiger partial charge in [-0.25, -0.2) is 4.79 Å². The molecule has 0 saturated carbocycles. The van der Waals surface area contributed by atoms with Crippen molar-refractivity contribution in [2.75, 3.05) is 25.1 Å². The molecule has 3 aromatic rings. The lowest BCUT2D eigenvalue weighted by molar-refractivity contribution is -0.384. The summed E-state index contributed by atoms with van der Waals surface area (Å²) in [5, 5.41) is 16.4. The minimum absolute atomic E-state index is 0.0112. The number of nitrogens with zero attached hydrogens (tertiary/aromatic N) is 1. The zero-order valence-electron chi connectivity index (χ0n) is 29.3. The molecule has 0 unspecified atom stereocenters. The number of rotatable bonds is 14. The Balaban J connectivity index is 1.75. The molecule has 3 aromatic carbocycles. The van der Waals surface area contributed by atoms with Crippen LogP contribution in [-0.2, 0) is 23.7 Å². The van der Waals surface area contributed by atoms with Crippen LogP contribution in [0.2, 0.25) is 0 Å². The molecule has 0 fully saturated rings. The average molecular weight is 632 g/mol. The molecule has 250 valence electrons. The summed E-state index contributed by atoms with van der Waals surface area (Å²) in [5.41, 5.74) is 7.75. The number of hydrogen-bond donors (Lipinski definition) is 2. The maximum Gasteiger partial charge on any atom is 0.319 e. The topological polar surface area (TPSA) is 103 Å². The van der Waals surface area contributed by atoms with Crippen LogP contribution < -0.4 is 20.1 Å². The molecule has 3 rings (SSSR count). The fraction of sp³-hybridized carbons (Fsp3) is 0.500. The van der Waals surface area contributed by atoms with Crippen molar-refractivity contribution in [1.29, 1.82) is 0 Å². The van der Waals surface area contributed by atoms with Crippen molar-refractivity contribution in [3.63, 3.8) is 0 Å². The Bertz CT molecular complexity index is 1480. The quantitative estimate of drug-likeness (QED) is 0.105. The molecule has 0 atom stereocenters. The lowest BCUT2D eigenvalue weighted by Gasteiger charge is -2.26. The first kappa shape index (κ1) is 36.4. The van der Waals surface area contributed by atoms with E-state index in [0.29, 0.717) is 31.9 Å². The highest BCUT2D eigenvalue weighted by Crippen LogP contribution is 2.38. The SMILES string of the molecule is CCCOc1c(CC)cc(C(C)(C)C)cc1Cc1cc(C(C)(C)C)cc(C)c1OCCCCNC(=O)Nc1ccc([N+](=O)[O-])cc1. The van der Waals surface area contributed by atoms with Gasteiger partial charge < -0.3 is 20.1 Å². The van der Waals surface area contributed by atoms with Crippen LogP contribution >= 0.6 is 0 Å². The van der Waals surface area contributed by atoms with E-state index in [1.54, 1.807) is 0 Å². The molecule has 0 radical (unpaired) electrons. The summed E-state index contributed by atoms with van der Waals surface area (Å²) in [7, 11) is 0. The summed E-state index contributed by atoms with van der Waals surface area (Å²) in [6, 6.07) is 14.6. The number of carbonyl (C=O) groups is 1. The Labute approximate surface area is 275 Å². The highest BCUT2D eigenvalue weighted by atomic mass is 16.6. The van der Waals surface area contributed by atoms with Crippen molar-refractivity contribution >= 4 is 17.4 Å². The summed E-state index contributed by atoms with van der Waals surface area (Å²) >= 11 is 0. The summed E-state index contributed by atoms with van der Waals surface area (Å²) in [5.74, 6) is 1.91. The van der Waals surface area contributed by atoms with Gasteiger partial charge in [0.1, 0.15) is 11.5 Å². The number of aryl methyl sites for hydroxylation is 2. The number of non-ortho nitro benzene ring substituents is 1. The number of unbranched alkanes of at least 4 members (excludes halogenated alkanes) is 1. The Morgan fingerprint density at radius 3 is 1.93 bits per heavy atom. The smallest absolute Gasteiger partial charge is 0.319 e. The number of benzene rings is 3. The van der Waals surface area contributed by atoms with E-state index in [-0.39, 0.29) is 22.5 Å². The van der Waals surface area contributed by atoms with Gasteiger partial charge in [0.15, 0.2) is 0 Å². The van der Waals surface area contributed by atoms with E-state index in [4.69, 9.17) is 9.47 Å². The first-order valence-electron chi connectivity index (χ1n) is 16.5. The Hall–Kier alpha value is -4.07. The molecular weight excluding hydrogens is 578 g/mol. The number of nitrogens with one attached hydrogen (secondary N) is 2. The number of hydrogen-bond acceptors (Lipinski definition) is 5. The van der Waals surface area contributed by atoms with Gasteiger partial charge in [-0.3, -0.25) is 10.1 Å². The zero-order valence-corrected chi connectivity index (χ0v) is 29.3. The number of amides is 2. The second-order valence-electron chi connectivity index (χ2n) is 14.0. The van der Waals surface area contributed by atoms with Crippen molar-refractivity contribution in [2.45, 2.75) is 105 Å². The Morgan fingerprint density at radius 2 is 1.37 bits per heavy atom. The van der Waals surface area contributed by atoms with Crippen molar-refractivity contribution in [2.24, 2.45) is 0 Å². The minimum atomic E-state index is -0.471. The molecule has 0 aliphatic rings. The predicted molar refractivity (Wildman–Crippen MR) is 188 cm³/mol. The van der Waals surface area contributed by atoms with Crippen LogP contribution in [0.15, 0.2) is 48.5 Å². The van der Waals surface area contributed by atoms with E-state index in [2.05, 4.69) is 97.2 Å². The minimum Gasteiger partial charge on any atom is -0.493 e. The molecule has 0 aliphatic carbocycles. The molecule has 0 spiro atoms. The van der Waals surface area contributed by atoms with Crippen LogP contribution in [0.4, 0.5) is 16.2 Å². The van der Waals surface area contributed by atoms with Gasteiger partial charge in [-0.15, -0.1) is 0 Å². The number of carbonyl (C=O) groups excluding carboxylic acids is 1. The fourth-order valence-electron chi connectivity index (χ4n) is 5.24. The maximum atomic E-state index is 12.3. The second-order valence-corrected chi connectivity index (χ2v) is 14.0. The number of ether oxygens (including phenoxy) is 2. The largest absolute Gasteiger partial charge is 0.493 e. The summed E-state index contributed by atoms with van der Waals surface area (Å²) in [6.45, 7) is 21.6. The molecule has 0 aliphatic heterocycles. The molecular formula is C38H53N3O5. The number of nitro groups is 1. The molecule has 0 heterocycles. The van der Waals surface area contributed by atoms with Crippen LogP contribution in [0.5, 0.6) is 11.5 Å². The fourth-order valence-corrected chi connectivity index (χ4v) is 5.24. The third-order valence-corrected chi connectivity index (χ3v) is 7.98. The number of nitro benzene ring substituents is 1. The molecule has 8 heteroatoms. The van der Waals surface area contributed by atoms with Crippen LogP contribution in [0, 0.1) is 17.0 Å². The molecule has 0 aromatic heterocycles. The Kier molecular flexibility index (Phi) is 12.6. The molecule has 46 heavy (non-hydrogen) atoms. The predicted octanol–water partition coefficient (Wildman–Crippen LogP) is 9.42. The van der Waals surface area contributed by atoms with E-state index < -0.39 is 4.92 Å². The van der Waals surface area contributed by atoms with Gasteiger partial charge in [-0.05, 0) is 89.0 Å². The van der Waals surface area contributed by atoms with Gasteiger partial charge in [-0.2, -0.15) is 0 Å². The lowest BCUT2D eigenvalue weighted by Crippen LogP contribution is -2.29. The normalized spacial score (nSPS) is 11.7. The van der Waals surface area contributed by atoms with Gasteiger partial charge in [0.2, 0.25) is 0 Å². The molecule has 2 amide bonds. The summed E-state index contributed by atoms with van der Waals surface area (Å²) < 4.78 is 12.9. The van der Waals surface area contributed by atoms with Gasteiger partial charge in [0, 0.05) is 30.8 Å². The molecule has 8 nitrogen and oxygen atoms in total. The molecule has 2 N–H and O–H groups in total. The van der Waals surface area contributed by atoms with Crippen molar-refractivity contribution in [3.05, 3.63) is 92.0 Å². The van der Waals surface area contributed by atoms with Gasteiger partial charge >= 0.3 is 6.03 Å². The van der Waals surface area contributed by atoms with Gasteiger partial charge in [0.05, 0.1) is 18.1 Å². The first-order valence-corrected chi connectivity index (χ1v) is 16.5. The van der Waals surface area contributed by atoms with Gasteiger partial charge in [-0.1, -0.05) is 79.7 Å². The van der Waals surface area contributed by atoms with E-state index in [9.17, 15) is 14.9 Å². The summed E-state index contributed by atoms with van der Waals surface area (Å²) in [4.78, 5) is 22.7. The standard InChI is InChI=1S/C38H53N3O5/c1-10-19-45-35-27(11-2)23-31(38(7,8)9)25-29(35)22-28-24-30(37(4,5)6)21-26(3)34(28)46-20-13-12-18-39-36(42)40-32-14-16-33(17-15-32)41(43)44/h14-17,21,23-25H,10-13,18-20,22H2,1-9H3,(H2,39,40,42). The third-order valence-electron chi connectivity index (χ3n) is 7.98. The number of anilines is 1. The van der Waals surface area contributed by atoms with Crippen LogP contribution in [0.25, 0.3) is 0 Å². The van der Waals surface area contributed by atoms with Crippen LogP contribution in [0.3, 0.4) is 0 Å². The Morgan fingerprint density at radius 1 is 0.804 bits per heavy atom. The van der Waals surface area contributed by atoms with E-state index in [1.165, 1.54) is 46.5 Å². The first-order chi connectivity index (χ1) is 21.6. The number of urea groups is 1. The summed E-state index contributed by atoms with van der Waals surface area (Å²) in [6.07, 6.45) is 4.07. The van der Waals surface area contributed by atoms with Crippen molar-refractivity contribution in [3.8, 4) is 11.5 Å². The van der Waals surface area contributed by atoms with Crippen LogP contribution in [0.1, 0.15) is 108 Å². The highest BCUT2D eigenvalue weighted by molar-refractivity contribution is 5.89. The monoisotopic (exact) mass is 631 g/mol. The highest BCUT2D eigenvalue weighted by Gasteiger charge is 2.23. The average Bonchev–Trinajstić information content (AvgIpc) is 2.98. The second kappa shape index (κ2) is 16.0. The third kappa shape index (κ3) is 10.2. The maximum absolute atomic E-state index is 12.3. The van der Waals surface area contributed by atoms with E-state index in [1.807, 2.05) is 0 Å². The van der Waals surface area contributed by atoms with Gasteiger partial charge in [0.25, 0.3) is 5.69 Å². The van der Waals surface area contributed by atoms with E-state index >= 15 is 0 Å². The van der Waals surface area contributed by atoms with Crippen molar-refractivity contribution < 1.29 is 19.2 Å². The molecule has 0 bridgehead atoms. The lowest BCUT2D eigenvalue weighted by atomic mass is 9.82. The molecule has 0 saturated heterocycles.